The Balaban J connectivity index is 1.97. The summed E-state index contributed by atoms with van der Waals surface area (Å²) in [4.78, 5) is 0. The van der Waals surface area contributed by atoms with Crippen molar-refractivity contribution in [3.8, 4) is 0 Å². The predicted molar refractivity (Wildman–Crippen MR) is 62.3 cm³/mol. The number of nitrogens with zero attached hydrogens (tertiary/aromatic N) is 1. The number of hydrogen-bond donors (Lipinski definition) is 2. The lowest BCUT2D eigenvalue weighted by Gasteiger charge is -2.17. The molecule has 5 heteroatoms. The molecule has 1 fully saturated rings. The second-order valence-corrected chi connectivity index (χ2v) is 6.33. The van der Waals surface area contributed by atoms with Gasteiger partial charge in [-0.1, -0.05) is 25.2 Å². The lowest BCUT2D eigenvalue weighted by Crippen LogP contribution is -2.17. The monoisotopic (exact) mass is 229 g/mol. The van der Waals surface area contributed by atoms with E-state index in [9.17, 15) is 0 Å². The van der Waals surface area contributed by atoms with Crippen LogP contribution >= 0.6 is 23.6 Å². The molecule has 0 spiro atoms. The van der Waals surface area contributed by atoms with Gasteiger partial charge in [-0.15, -0.1) is 5.10 Å². The molecule has 3 nitrogen and oxygen atoms in total. The molecule has 1 atom stereocenters. The summed E-state index contributed by atoms with van der Waals surface area (Å²) in [6.07, 6.45) is 3.75. The Kier molecular flexibility index (Phi) is 2.62. The average molecular weight is 229 g/mol. The summed E-state index contributed by atoms with van der Waals surface area (Å²) >= 11 is 6.49. The van der Waals surface area contributed by atoms with Gasteiger partial charge >= 0.3 is 0 Å². The Morgan fingerprint density at radius 1 is 1.64 bits per heavy atom. The third-order valence-electron chi connectivity index (χ3n) is 2.73. The van der Waals surface area contributed by atoms with Crippen LogP contribution in [0, 0.1) is 9.37 Å². The second kappa shape index (κ2) is 3.62. The number of hydrogen-bond acceptors (Lipinski definition) is 4. The fourth-order valence-electron chi connectivity index (χ4n) is 2.03. The van der Waals surface area contributed by atoms with Crippen molar-refractivity contribution >= 4 is 28.7 Å². The highest BCUT2D eigenvalue weighted by Crippen LogP contribution is 2.38. The molecule has 0 aliphatic heterocycles. The van der Waals surface area contributed by atoms with Crippen LogP contribution in [0.4, 0.5) is 5.13 Å². The molecule has 0 radical (unpaired) electrons. The van der Waals surface area contributed by atoms with E-state index in [4.69, 9.17) is 12.2 Å². The zero-order valence-corrected chi connectivity index (χ0v) is 10.1. The number of anilines is 1. The van der Waals surface area contributed by atoms with Crippen molar-refractivity contribution < 1.29 is 0 Å². The van der Waals surface area contributed by atoms with Gasteiger partial charge in [-0.25, -0.2) is 0 Å². The first-order valence-electron chi connectivity index (χ1n) is 4.87. The number of aromatic nitrogens is 2. The van der Waals surface area contributed by atoms with Crippen molar-refractivity contribution in [3.63, 3.8) is 0 Å². The Labute approximate surface area is 92.9 Å². The molecule has 78 valence electrons. The van der Waals surface area contributed by atoms with E-state index in [1.807, 2.05) is 0 Å². The van der Waals surface area contributed by atoms with Crippen LogP contribution in [-0.2, 0) is 0 Å². The summed E-state index contributed by atoms with van der Waals surface area (Å²) in [5.74, 6) is 0. The van der Waals surface area contributed by atoms with Crippen LogP contribution in [0.2, 0.25) is 0 Å². The molecule has 1 unspecified atom stereocenters. The molecule has 1 aromatic rings. The lowest BCUT2D eigenvalue weighted by atomic mass is 9.92. The third kappa shape index (κ3) is 2.33. The summed E-state index contributed by atoms with van der Waals surface area (Å²) in [5, 5.41) is 11.2. The fourth-order valence-corrected chi connectivity index (χ4v) is 2.89. The minimum atomic E-state index is 0.482. The van der Waals surface area contributed by atoms with Crippen molar-refractivity contribution in [2.45, 2.75) is 39.2 Å². The quantitative estimate of drug-likeness (QED) is 0.765. The Morgan fingerprint density at radius 2 is 2.43 bits per heavy atom. The summed E-state index contributed by atoms with van der Waals surface area (Å²) in [6.45, 7) is 4.64. The molecular formula is C9H15N3S2. The van der Waals surface area contributed by atoms with Gasteiger partial charge in [-0.05, 0) is 36.9 Å². The topological polar surface area (TPSA) is 40.7 Å². The summed E-state index contributed by atoms with van der Waals surface area (Å²) in [6, 6.07) is 0.568. The van der Waals surface area contributed by atoms with Crippen LogP contribution in [0.15, 0.2) is 0 Å². The fraction of sp³-hybridized carbons (Fsp3) is 0.778. The maximum atomic E-state index is 4.98. The number of nitrogens with one attached hydrogen (secondary N) is 2. The second-order valence-electron chi connectivity index (χ2n) is 4.67. The molecule has 1 aliphatic carbocycles. The van der Waals surface area contributed by atoms with Gasteiger partial charge in [0, 0.05) is 6.04 Å². The van der Waals surface area contributed by atoms with Gasteiger partial charge in [-0.2, -0.15) is 0 Å². The zero-order chi connectivity index (χ0) is 10.2. The number of H-pyrrole nitrogens is 1. The zero-order valence-electron chi connectivity index (χ0n) is 8.46. The largest absolute Gasteiger partial charge is 0.357 e. The highest BCUT2D eigenvalue weighted by molar-refractivity contribution is 7.73. The molecule has 2 rings (SSSR count). The molecule has 1 saturated carbocycles. The summed E-state index contributed by atoms with van der Waals surface area (Å²) < 4.78 is 0.741. The van der Waals surface area contributed by atoms with Crippen molar-refractivity contribution in [1.29, 1.82) is 0 Å². The minimum absolute atomic E-state index is 0.482. The van der Waals surface area contributed by atoms with Gasteiger partial charge in [0.1, 0.15) is 0 Å². The van der Waals surface area contributed by atoms with Gasteiger partial charge in [0.05, 0.1) is 0 Å². The van der Waals surface area contributed by atoms with E-state index in [2.05, 4.69) is 29.4 Å². The summed E-state index contributed by atoms with van der Waals surface area (Å²) in [5.41, 5.74) is 0.482. The molecular weight excluding hydrogens is 214 g/mol. The van der Waals surface area contributed by atoms with Crippen LogP contribution in [0.5, 0.6) is 0 Å². The van der Waals surface area contributed by atoms with Crippen LogP contribution in [0.3, 0.4) is 0 Å². The maximum Gasteiger partial charge on any atom is 0.204 e. The van der Waals surface area contributed by atoms with Crippen LogP contribution in [0.25, 0.3) is 0 Å². The van der Waals surface area contributed by atoms with E-state index in [0.717, 1.165) is 9.09 Å². The smallest absolute Gasteiger partial charge is 0.204 e. The molecule has 1 aromatic heterocycles. The van der Waals surface area contributed by atoms with Gasteiger partial charge in [0.2, 0.25) is 5.13 Å². The molecule has 2 N–H and O–H groups in total. The van der Waals surface area contributed by atoms with E-state index in [0.29, 0.717) is 11.5 Å². The number of aromatic amines is 1. The van der Waals surface area contributed by atoms with Gasteiger partial charge in [0.25, 0.3) is 0 Å². The van der Waals surface area contributed by atoms with Gasteiger partial charge in [-0.3, -0.25) is 5.10 Å². The normalized spacial score (nSPS) is 25.1. The standard InChI is InChI=1S/C9H15N3S2/c1-9(2)4-3-6(5-9)10-7-11-12-8(13)14-7/h6H,3-5H2,1-2H3,(H,10,11)(H,12,13). The molecule has 14 heavy (non-hydrogen) atoms. The van der Waals surface area contributed by atoms with Gasteiger partial charge in [0.15, 0.2) is 3.95 Å². The predicted octanol–water partition coefficient (Wildman–Crippen LogP) is 3.19. The van der Waals surface area contributed by atoms with E-state index >= 15 is 0 Å². The van der Waals surface area contributed by atoms with Crippen molar-refractivity contribution in [1.82, 2.24) is 10.2 Å². The molecule has 0 saturated heterocycles. The Hall–Kier alpha value is -0.420. The maximum absolute atomic E-state index is 4.98. The SMILES string of the molecule is CC1(C)CCC(Nc2n[nH]c(=S)s2)C1. The summed E-state index contributed by atoms with van der Waals surface area (Å²) in [7, 11) is 0. The molecule has 0 amide bonds. The average Bonchev–Trinajstić information content (AvgIpc) is 2.59. The lowest BCUT2D eigenvalue weighted by molar-refractivity contribution is 0.378. The highest BCUT2D eigenvalue weighted by atomic mass is 32.1. The Bertz CT molecular complexity index is 366. The van der Waals surface area contributed by atoms with Crippen molar-refractivity contribution in [3.05, 3.63) is 3.95 Å². The third-order valence-corrected chi connectivity index (χ3v) is 3.75. The minimum Gasteiger partial charge on any atom is -0.357 e. The van der Waals surface area contributed by atoms with Crippen LogP contribution < -0.4 is 5.32 Å². The van der Waals surface area contributed by atoms with E-state index in [-0.39, 0.29) is 0 Å². The first kappa shape index (κ1) is 10.1. The molecule has 0 bridgehead atoms. The highest BCUT2D eigenvalue weighted by Gasteiger charge is 2.31. The van der Waals surface area contributed by atoms with E-state index in [1.165, 1.54) is 30.6 Å². The van der Waals surface area contributed by atoms with Crippen LogP contribution in [0.1, 0.15) is 33.1 Å². The van der Waals surface area contributed by atoms with Crippen LogP contribution in [-0.4, -0.2) is 16.2 Å². The first-order chi connectivity index (χ1) is 6.55. The first-order valence-corrected chi connectivity index (χ1v) is 6.10. The molecule has 1 heterocycles. The van der Waals surface area contributed by atoms with E-state index in [1.54, 1.807) is 0 Å². The van der Waals surface area contributed by atoms with Crippen molar-refractivity contribution in [2.75, 3.05) is 5.32 Å². The molecule has 0 aromatic carbocycles. The number of rotatable bonds is 2. The Morgan fingerprint density at radius 3 is 2.93 bits per heavy atom. The van der Waals surface area contributed by atoms with Crippen molar-refractivity contribution in [2.24, 2.45) is 5.41 Å². The molecule has 1 aliphatic rings. The van der Waals surface area contributed by atoms with E-state index < -0.39 is 0 Å². The van der Waals surface area contributed by atoms with Gasteiger partial charge < -0.3 is 5.32 Å².